The van der Waals surface area contributed by atoms with Gasteiger partial charge in [0.15, 0.2) is 0 Å². The molecule has 2 rings (SSSR count). The molecule has 0 radical (unpaired) electrons. The van der Waals surface area contributed by atoms with Crippen molar-refractivity contribution < 1.29 is 0 Å². The van der Waals surface area contributed by atoms with Gasteiger partial charge in [0.2, 0.25) is 0 Å². The molecule has 0 aliphatic rings. The smallest absolute Gasteiger partial charge is 0.0454 e. The van der Waals surface area contributed by atoms with Crippen LogP contribution in [0.15, 0.2) is 84.5 Å². The van der Waals surface area contributed by atoms with Gasteiger partial charge in [0, 0.05) is 5.41 Å². The second-order valence-corrected chi connectivity index (χ2v) is 5.26. The van der Waals surface area contributed by atoms with Crippen molar-refractivity contribution in [2.45, 2.75) is 25.7 Å². The predicted molar refractivity (Wildman–Crippen MR) is 95.7 cm³/mol. The molecular formula is C22H22. The summed E-state index contributed by atoms with van der Waals surface area (Å²) in [5.41, 5.74) is 3.46. The minimum absolute atomic E-state index is 0.221. The molecule has 0 nitrogen and oxygen atoms in total. The standard InChI is InChI=1S/C22H22/c1-4-13-19(14-5-2)22(6-3,20-15-9-7-10-16-20)21-17-11-8-12-18-21/h1,5,7-18H,6H2,2-3H3. The fraction of sp³-hybridized carbons (Fsp3) is 0.182. The molecule has 2 aromatic carbocycles. The lowest BCUT2D eigenvalue weighted by atomic mass is 9.67. The van der Waals surface area contributed by atoms with Gasteiger partial charge >= 0.3 is 0 Å². The second-order valence-electron chi connectivity index (χ2n) is 5.26. The van der Waals surface area contributed by atoms with Gasteiger partial charge in [0.1, 0.15) is 0 Å². The van der Waals surface area contributed by atoms with Crippen LogP contribution in [0.1, 0.15) is 31.4 Å². The predicted octanol–water partition coefficient (Wildman–Crippen LogP) is 5.52. The highest BCUT2D eigenvalue weighted by atomic mass is 14.4. The maximum Gasteiger partial charge on any atom is 0.0454 e. The van der Waals surface area contributed by atoms with Gasteiger partial charge in [0.25, 0.3) is 0 Å². The van der Waals surface area contributed by atoms with E-state index < -0.39 is 0 Å². The van der Waals surface area contributed by atoms with Gasteiger partial charge in [-0.2, -0.15) is 0 Å². The molecule has 0 spiro atoms. The van der Waals surface area contributed by atoms with E-state index in [1.54, 1.807) is 0 Å². The first-order valence-corrected chi connectivity index (χ1v) is 7.70. The Bertz CT molecular complexity index is 642. The number of terminal acetylenes is 1. The van der Waals surface area contributed by atoms with Crippen molar-refractivity contribution in [1.29, 1.82) is 0 Å². The largest absolute Gasteiger partial charge is 0.115 e. The van der Waals surface area contributed by atoms with Crippen LogP contribution < -0.4 is 0 Å². The Labute approximate surface area is 134 Å². The van der Waals surface area contributed by atoms with Crippen LogP contribution in [0.3, 0.4) is 0 Å². The molecule has 0 aromatic heterocycles. The number of hydrogen-bond donors (Lipinski definition) is 0. The van der Waals surface area contributed by atoms with Crippen molar-refractivity contribution in [3.05, 3.63) is 95.6 Å². The van der Waals surface area contributed by atoms with Gasteiger partial charge in [-0.3, -0.25) is 0 Å². The third kappa shape index (κ3) is 2.90. The molecule has 0 saturated carbocycles. The Morgan fingerprint density at radius 1 is 1.00 bits per heavy atom. The molecule has 0 saturated heterocycles. The molecule has 0 unspecified atom stereocenters. The Morgan fingerprint density at radius 3 is 1.86 bits per heavy atom. The van der Waals surface area contributed by atoms with Crippen LogP contribution in [0.2, 0.25) is 0 Å². The number of rotatable bonds is 5. The lowest BCUT2D eigenvalue weighted by Crippen LogP contribution is -2.29. The first-order chi connectivity index (χ1) is 10.8. The van der Waals surface area contributed by atoms with Crippen molar-refractivity contribution in [3.8, 4) is 12.3 Å². The summed E-state index contributed by atoms with van der Waals surface area (Å²) in [4.78, 5) is 0. The summed E-state index contributed by atoms with van der Waals surface area (Å²) in [7, 11) is 0. The average Bonchev–Trinajstić information content (AvgIpc) is 2.58. The van der Waals surface area contributed by atoms with E-state index in [2.05, 4.69) is 85.7 Å². The molecule has 0 fully saturated rings. The van der Waals surface area contributed by atoms with Gasteiger partial charge in [-0.15, -0.1) is 6.42 Å². The fourth-order valence-corrected chi connectivity index (χ4v) is 3.14. The van der Waals surface area contributed by atoms with E-state index in [1.807, 2.05) is 13.0 Å². The third-order valence-electron chi connectivity index (χ3n) is 4.14. The Balaban J connectivity index is 2.79. The Hall–Kier alpha value is -2.52. The molecule has 0 N–H and O–H groups in total. The molecule has 0 atom stereocenters. The highest BCUT2D eigenvalue weighted by molar-refractivity contribution is 5.53. The summed E-state index contributed by atoms with van der Waals surface area (Å²) in [6, 6.07) is 21.2. The fourth-order valence-electron chi connectivity index (χ4n) is 3.14. The summed E-state index contributed by atoms with van der Waals surface area (Å²) in [6.07, 6.45) is 12.6. The molecule has 0 aliphatic heterocycles. The van der Waals surface area contributed by atoms with Gasteiger partial charge in [-0.05, 0) is 36.1 Å². The van der Waals surface area contributed by atoms with Crippen molar-refractivity contribution in [1.82, 2.24) is 0 Å². The van der Waals surface area contributed by atoms with Crippen molar-refractivity contribution in [2.24, 2.45) is 0 Å². The highest BCUT2D eigenvalue weighted by Gasteiger charge is 2.34. The topological polar surface area (TPSA) is 0 Å². The normalized spacial score (nSPS) is 12.3. The first kappa shape index (κ1) is 15.9. The zero-order valence-electron chi connectivity index (χ0n) is 13.3. The number of benzene rings is 2. The quantitative estimate of drug-likeness (QED) is 0.501. The van der Waals surface area contributed by atoms with E-state index in [0.717, 1.165) is 12.0 Å². The van der Waals surface area contributed by atoms with Crippen LogP contribution in [0, 0.1) is 12.3 Å². The molecule has 0 heteroatoms. The summed E-state index contributed by atoms with van der Waals surface area (Å²) in [5.74, 6) is 2.72. The third-order valence-corrected chi connectivity index (χ3v) is 4.14. The minimum atomic E-state index is -0.221. The second kappa shape index (κ2) is 7.48. The summed E-state index contributed by atoms with van der Waals surface area (Å²) >= 11 is 0. The first-order valence-electron chi connectivity index (χ1n) is 7.70. The summed E-state index contributed by atoms with van der Waals surface area (Å²) < 4.78 is 0. The number of hydrogen-bond acceptors (Lipinski definition) is 0. The monoisotopic (exact) mass is 286 g/mol. The van der Waals surface area contributed by atoms with Crippen LogP contribution in [0.25, 0.3) is 0 Å². The lowest BCUT2D eigenvalue weighted by molar-refractivity contribution is 0.592. The highest BCUT2D eigenvalue weighted by Crippen LogP contribution is 2.42. The SMILES string of the molecule is C#CC=C(C=CC)C(CC)(c1ccccc1)c1ccccc1. The van der Waals surface area contributed by atoms with E-state index in [4.69, 9.17) is 6.42 Å². The average molecular weight is 286 g/mol. The Kier molecular flexibility index (Phi) is 5.39. The maximum atomic E-state index is 5.61. The number of allylic oxidation sites excluding steroid dienone is 4. The van der Waals surface area contributed by atoms with Gasteiger partial charge < -0.3 is 0 Å². The van der Waals surface area contributed by atoms with Gasteiger partial charge in [-0.1, -0.05) is 85.7 Å². The molecule has 0 aliphatic carbocycles. The van der Waals surface area contributed by atoms with Crippen LogP contribution in [0.4, 0.5) is 0 Å². The molecule has 0 amide bonds. The molecule has 110 valence electrons. The van der Waals surface area contributed by atoms with Gasteiger partial charge in [-0.25, -0.2) is 0 Å². The molecule has 22 heavy (non-hydrogen) atoms. The van der Waals surface area contributed by atoms with Crippen LogP contribution in [-0.2, 0) is 5.41 Å². The van der Waals surface area contributed by atoms with E-state index >= 15 is 0 Å². The minimum Gasteiger partial charge on any atom is -0.115 e. The zero-order valence-corrected chi connectivity index (χ0v) is 13.3. The van der Waals surface area contributed by atoms with Crippen molar-refractivity contribution in [2.75, 3.05) is 0 Å². The van der Waals surface area contributed by atoms with Crippen LogP contribution in [-0.4, -0.2) is 0 Å². The summed E-state index contributed by atoms with van der Waals surface area (Å²) in [5, 5.41) is 0. The van der Waals surface area contributed by atoms with E-state index in [-0.39, 0.29) is 5.41 Å². The maximum absolute atomic E-state index is 5.61. The van der Waals surface area contributed by atoms with E-state index in [9.17, 15) is 0 Å². The molecular weight excluding hydrogens is 264 g/mol. The van der Waals surface area contributed by atoms with Gasteiger partial charge in [0.05, 0.1) is 0 Å². The van der Waals surface area contributed by atoms with E-state index in [1.165, 1.54) is 11.1 Å². The molecule has 2 aromatic rings. The Morgan fingerprint density at radius 2 is 1.50 bits per heavy atom. The molecule has 0 heterocycles. The van der Waals surface area contributed by atoms with Crippen LogP contribution in [0.5, 0.6) is 0 Å². The van der Waals surface area contributed by atoms with Crippen LogP contribution >= 0.6 is 0 Å². The van der Waals surface area contributed by atoms with Crippen molar-refractivity contribution >= 4 is 0 Å². The van der Waals surface area contributed by atoms with E-state index in [0.29, 0.717) is 0 Å². The molecule has 0 bridgehead atoms. The lowest BCUT2D eigenvalue weighted by Gasteiger charge is -2.35. The zero-order chi connectivity index (χ0) is 15.8. The summed E-state index contributed by atoms with van der Waals surface area (Å²) in [6.45, 7) is 4.24. The van der Waals surface area contributed by atoms with Crippen molar-refractivity contribution in [3.63, 3.8) is 0 Å².